The van der Waals surface area contributed by atoms with Crippen molar-refractivity contribution in [3.63, 3.8) is 0 Å². The first kappa shape index (κ1) is 25.3. The van der Waals surface area contributed by atoms with E-state index in [4.69, 9.17) is 0 Å². The smallest absolute Gasteiger partial charge is 0 e. The summed E-state index contributed by atoms with van der Waals surface area (Å²) in [6, 6.07) is 53.5. The van der Waals surface area contributed by atoms with Crippen LogP contribution in [-0.2, 0) is 16.8 Å². The van der Waals surface area contributed by atoms with Crippen LogP contribution >= 0.6 is 0 Å². The predicted octanol–water partition coefficient (Wildman–Crippen LogP) is 8.67. The second kappa shape index (κ2) is 12.8. The van der Waals surface area contributed by atoms with Crippen molar-refractivity contribution in [2.24, 2.45) is 0 Å². The molecule has 0 aliphatic heterocycles. The van der Waals surface area contributed by atoms with Gasteiger partial charge in [0, 0.05) is 16.8 Å². The van der Waals surface area contributed by atoms with Crippen molar-refractivity contribution in [2.75, 3.05) is 0 Å². The van der Waals surface area contributed by atoms with E-state index in [1.54, 1.807) is 0 Å². The molecule has 1 radical (unpaired) electrons. The molecule has 36 heavy (non-hydrogen) atoms. The minimum absolute atomic E-state index is 0. The standard InChI is InChI=1S/C30H24.C5H5.Co/c1-5-13-23(14-6-1)27-21-22-28(24-15-7-2-8-16-24)30(26-19-11-4-12-20-26)29(27)25-17-9-3-10-18-25;1-2-4-5-3-1;/h1-20H,21-22H2;1-5H;/q-4;-1;. The van der Waals surface area contributed by atoms with E-state index in [1.165, 1.54) is 45.9 Å². The minimum Gasteiger partial charge on any atom is -0.241 e. The zero-order chi connectivity index (χ0) is 23.7. The number of rotatable bonds is 4. The third kappa shape index (κ3) is 5.88. The first-order chi connectivity index (χ1) is 17.4. The van der Waals surface area contributed by atoms with E-state index in [0.29, 0.717) is 0 Å². The molecule has 5 aromatic rings. The molecule has 1 fully saturated rings. The fourth-order valence-electron chi connectivity index (χ4n) is 4.83. The molecule has 1 saturated carbocycles. The molecule has 6 rings (SSSR count). The van der Waals surface area contributed by atoms with Crippen LogP contribution in [0.25, 0.3) is 0 Å². The third-order valence-electron chi connectivity index (χ3n) is 6.40. The van der Waals surface area contributed by atoms with Crippen molar-refractivity contribution < 1.29 is 16.8 Å². The van der Waals surface area contributed by atoms with Crippen molar-refractivity contribution in [1.82, 2.24) is 0 Å². The van der Waals surface area contributed by atoms with Crippen LogP contribution in [0.4, 0.5) is 0 Å². The van der Waals surface area contributed by atoms with Gasteiger partial charge in [0.05, 0.1) is 0 Å². The van der Waals surface area contributed by atoms with Crippen LogP contribution in [0.1, 0.15) is 35.1 Å². The molecular formula is C35H29Co-5. The van der Waals surface area contributed by atoms with E-state index in [1.807, 2.05) is 30.3 Å². The Morgan fingerprint density at radius 1 is 0.389 bits per heavy atom. The normalized spacial score (nSPS) is 12.9. The van der Waals surface area contributed by atoms with Gasteiger partial charge < -0.3 is 0 Å². The SMILES string of the molecule is [Co].c1cc[cH-]c1.c1ccc([C-]2CC[C-](c3ccccc3)[C-](c3ccccc3)[C-]2c2ccccc2)cc1. The van der Waals surface area contributed by atoms with Gasteiger partial charge in [-0.2, -0.15) is 77.9 Å². The topological polar surface area (TPSA) is 0 Å². The molecule has 0 atom stereocenters. The number of hydrogen-bond donors (Lipinski definition) is 0. The van der Waals surface area contributed by atoms with Gasteiger partial charge in [0.2, 0.25) is 0 Å². The Hall–Kier alpha value is -3.78. The molecule has 1 heteroatoms. The summed E-state index contributed by atoms with van der Waals surface area (Å²) in [7, 11) is 0. The second-order valence-corrected chi connectivity index (χ2v) is 8.63. The molecule has 0 spiro atoms. The van der Waals surface area contributed by atoms with E-state index >= 15 is 0 Å². The molecular weight excluding hydrogens is 479 g/mol. The average Bonchev–Trinajstić information content (AvgIpc) is 3.55. The van der Waals surface area contributed by atoms with Crippen LogP contribution in [0.15, 0.2) is 152 Å². The Balaban J connectivity index is 0.000000455. The predicted molar refractivity (Wildman–Crippen MR) is 146 cm³/mol. The Bertz CT molecular complexity index is 1130. The Labute approximate surface area is 226 Å². The van der Waals surface area contributed by atoms with Crippen LogP contribution < -0.4 is 0 Å². The zero-order valence-electron chi connectivity index (χ0n) is 20.2. The molecule has 0 amide bonds. The first-order valence-corrected chi connectivity index (χ1v) is 12.3. The molecule has 183 valence electrons. The maximum absolute atomic E-state index is 2.25. The second-order valence-electron chi connectivity index (χ2n) is 8.63. The summed E-state index contributed by atoms with van der Waals surface area (Å²) in [5.41, 5.74) is 5.19. The summed E-state index contributed by atoms with van der Waals surface area (Å²) >= 11 is 0. The Morgan fingerprint density at radius 2 is 0.694 bits per heavy atom. The molecule has 0 unspecified atom stereocenters. The van der Waals surface area contributed by atoms with Gasteiger partial charge in [-0.3, -0.25) is 0 Å². The molecule has 0 N–H and O–H groups in total. The van der Waals surface area contributed by atoms with E-state index in [-0.39, 0.29) is 16.8 Å². The van der Waals surface area contributed by atoms with Gasteiger partial charge in [0.15, 0.2) is 0 Å². The van der Waals surface area contributed by atoms with E-state index in [9.17, 15) is 0 Å². The quantitative estimate of drug-likeness (QED) is 0.213. The molecule has 5 aromatic carbocycles. The maximum Gasteiger partial charge on any atom is 0 e. The molecule has 0 aromatic heterocycles. The summed E-state index contributed by atoms with van der Waals surface area (Å²) in [4.78, 5) is 0. The summed E-state index contributed by atoms with van der Waals surface area (Å²) in [6.45, 7) is 0. The van der Waals surface area contributed by atoms with E-state index in [2.05, 4.69) is 121 Å². The van der Waals surface area contributed by atoms with Crippen molar-refractivity contribution in [3.05, 3.63) is 198 Å². The molecule has 0 bridgehead atoms. The average molecular weight is 509 g/mol. The Kier molecular flexibility index (Phi) is 8.99. The van der Waals surface area contributed by atoms with Crippen LogP contribution in [-0.4, -0.2) is 0 Å². The zero-order valence-corrected chi connectivity index (χ0v) is 21.2. The maximum atomic E-state index is 2.25. The van der Waals surface area contributed by atoms with Gasteiger partial charge in [-0.15, -0.1) is 48.5 Å². The van der Waals surface area contributed by atoms with E-state index in [0.717, 1.165) is 12.8 Å². The Morgan fingerprint density at radius 3 is 0.972 bits per heavy atom. The van der Waals surface area contributed by atoms with Crippen LogP contribution in [0.5, 0.6) is 0 Å². The van der Waals surface area contributed by atoms with Crippen molar-refractivity contribution in [1.29, 1.82) is 0 Å². The van der Waals surface area contributed by atoms with Crippen molar-refractivity contribution in [2.45, 2.75) is 12.8 Å². The van der Waals surface area contributed by atoms with Gasteiger partial charge in [-0.25, -0.2) is 46.9 Å². The van der Waals surface area contributed by atoms with Gasteiger partial charge in [0.1, 0.15) is 0 Å². The minimum atomic E-state index is 0. The summed E-state index contributed by atoms with van der Waals surface area (Å²) < 4.78 is 0. The molecule has 0 saturated heterocycles. The molecule has 0 heterocycles. The molecule has 1 aliphatic rings. The van der Waals surface area contributed by atoms with Crippen LogP contribution in [0.3, 0.4) is 0 Å². The van der Waals surface area contributed by atoms with Gasteiger partial charge in [-0.05, 0) is 0 Å². The molecule has 1 aliphatic carbocycles. The molecule has 0 nitrogen and oxygen atoms in total. The van der Waals surface area contributed by atoms with E-state index < -0.39 is 0 Å². The summed E-state index contributed by atoms with van der Waals surface area (Å²) in [5.74, 6) is 5.58. The number of benzene rings is 4. The van der Waals surface area contributed by atoms with Crippen molar-refractivity contribution >= 4 is 0 Å². The van der Waals surface area contributed by atoms with Crippen molar-refractivity contribution in [3.8, 4) is 0 Å². The fourth-order valence-corrected chi connectivity index (χ4v) is 4.83. The number of hydrogen-bond acceptors (Lipinski definition) is 0. The monoisotopic (exact) mass is 508 g/mol. The summed E-state index contributed by atoms with van der Waals surface area (Å²) in [5, 5.41) is 0. The third-order valence-corrected chi connectivity index (χ3v) is 6.40. The fraction of sp³-hybridized carbons (Fsp3) is 0.0571. The largest absolute Gasteiger partial charge is 0.241 e. The summed E-state index contributed by atoms with van der Waals surface area (Å²) in [6.07, 6.45) is 2.07. The van der Waals surface area contributed by atoms with Gasteiger partial charge >= 0.3 is 0 Å². The van der Waals surface area contributed by atoms with Gasteiger partial charge in [0.25, 0.3) is 0 Å². The van der Waals surface area contributed by atoms with Crippen LogP contribution in [0, 0.1) is 23.7 Å². The van der Waals surface area contributed by atoms with Gasteiger partial charge in [-0.1, -0.05) is 37.1 Å². The first-order valence-electron chi connectivity index (χ1n) is 12.3. The van der Waals surface area contributed by atoms with Crippen LogP contribution in [0.2, 0.25) is 0 Å².